The molecule has 0 amide bonds. The van der Waals surface area contributed by atoms with Crippen molar-refractivity contribution in [2.75, 3.05) is 18.8 Å². The molecule has 0 bridgehead atoms. The minimum atomic E-state index is -2.58. The Hall–Kier alpha value is -2.06. The Morgan fingerprint density at radius 2 is 2.21 bits per heavy atom. The summed E-state index contributed by atoms with van der Waals surface area (Å²) in [6, 6.07) is 5.53. The molecule has 3 aromatic heterocycles. The Labute approximate surface area is 141 Å². The molecule has 1 aliphatic heterocycles. The summed E-state index contributed by atoms with van der Waals surface area (Å²) in [6.07, 6.45) is -0.0815. The fourth-order valence-electron chi connectivity index (χ4n) is 2.90. The van der Waals surface area contributed by atoms with Crippen LogP contribution in [0.1, 0.15) is 17.1 Å². The van der Waals surface area contributed by atoms with Crippen LogP contribution >= 0.6 is 11.3 Å². The molecule has 2 N–H and O–H groups in total. The predicted molar refractivity (Wildman–Crippen MR) is 89.1 cm³/mol. The Bertz CT molecular complexity index is 905. The van der Waals surface area contributed by atoms with Crippen molar-refractivity contribution < 1.29 is 13.2 Å². The molecule has 0 unspecified atom stereocenters. The number of anilines is 1. The Balaban J connectivity index is 1.64. The van der Waals surface area contributed by atoms with Crippen LogP contribution in [-0.2, 0) is 6.54 Å². The molecule has 0 aliphatic carbocycles. The van der Waals surface area contributed by atoms with E-state index in [1.54, 1.807) is 11.0 Å². The second-order valence-electron chi connectivity index (χ2n) is 6.09. The van der Waals surface area contributed by atoms with Gasteiger partial charge in [0.05, 0.1) is 11.9 Å². The molecule has 24 heavy (non-hydrogen) atoms. The molecular formula is C16H16F2N4OS. The van der Waals surface area contributed by atoms with Crippen molar-refractivity contribution >= 4 is 27.4 Å². The second-order valence-corrected chi connectivity index (χ2v) is 7.21. The number of nitrogens with two attached hydrogens (primary N) is 1. The van der Waals surface area contributed by atoms with Gasteiger partial charge in [-0.3, -0.25) is 4.90 Å². The Morgan fingerprint density at radius 3 is 2.88 bits per heavy atom. The van der Waals surface area contributed by atoms with Crippen LogP contribution < -0.4 is 5.73 Å². The first-order chi connectivity index (χ1) is 11.4. The molecule has 126 valence electrons. The van der Waals surface area contributed by atoms with E-state index in [1.165, 1.54) is 11.3 Å². The Morgan fingerprint density at radius 1 is 1.38 bits per heavy atom. The van der Waals surface area contributed by atoms with Gasteiger partial charge >= 0.3 is 0 Å². The highest BCUT2D eigenvalue weighted by atomic mass is 32.1. The number of alkyl halides is 2. The molecule has 0 saturated carbocycles. The van der Waals surface area contributed by atoms with Crippen molar-refractivity contribution in [1.82, 2.24) is 14.9 Å². The number of nitrogens with zero attached hydrogens (tertiary/aromatic N) is 3. The number of rotatable bonds is 3. The number of hydrogen-bond acceptors (Lipinski definition) is 6. The highest BCUT2D eigenvalue weighted by Gasteiger charge is 2.38. The predicted octanol–water partition coefficient (Wildman–Crippen LogP) is 3.68. The van der Waals surface area contributed by atoms with E-state index in [9.17, 15) is 8.78 Å². The van der Waals surface area contributed by atoms with Crippen molar-refractivity contribution in [3.05, 3.63) is 28.8 Å². The van der Waals surface area contributed by atoms with Gasteiger partial charge in [0, 0.05) is 24.4 Å². The molecule has 0 atom stereocenters. The van der Waals surface area contributed by atoms with Crippen molar-refractivity contribution in [2.24, 2.45) is 0 Å². The van der Waals surface area contributed by atoms with Crippen LogP contribution in [0.25, 0.3) is 21.8 Å². The van der Waals surface area contributed by atoms with Gasteiger partial charge in [-0.2, -0.15) is 0 Å². The van der Waals surface area contributed by atoms with Crippen LogP contribution in [-0.4, -0.2) is 33.9 Å². The SMILES string of the molecule is Cc1ccc(-c2nc(N)c3cc(CN4CCC(F)(F)C4)sc3n2)o1. The summed E-state index contributed by atoms with van der Waals surface area (Å²) < 4.78 is 32.2. The monoisotopic (exact) mass is 350 g/mol. The quantitative estimate of drug-likeness (QED) is 0.780. The maximum atomic E-state index is 13.3. The number of halogens is 2. The lowest BCUT2D eigenvalue weighted by Gasteiger charge is -2.13. The summed E-state index contributed by atoms with van der Waals surface area (Å²) in [7, 11) is 0. The van der Waals surface area contributed by atoms with Crippen molar-refractivity contribution in [1.29, 1.82) is 0 Å². The van der Waals surface area contributed by atoms with Gasteiger partial charge in [0.25, 0.3) is 5.92 Å². The Kier molecular flexibility index (Phi) is 3.54. The third-order valence-electron chi connectivity index (χ3n) is 4.06. The lowest BCUT2D eigenvalue weighted by molar-refractivity contribution is 0.0116. The summed E-state index contributed by atoms with van der Waals surface area (Å²) in [5.74, 6) is -0.434. The zero-order valence-electron chi connectivity index (χ0n) is 13.1. The lowest BCUT2D eigenvalue weighted by atomic mass is 10.3. The van der Waals surface area contributed by atoms with Crippen LogP contribution in [0, 0.1) is 6.92 Å². The molecule has 0 spiro atoms. The molecule has 5 nitrogen and oxygen atoms in total. The minimum Gasteiger partial charge on any atom is -0.458 e. The molecule has 3 aromatic rings. The number of thiophene rings is 1. The molecule has 8 heteroatoms. The molecule has 1 saturated heterocycles. The topological polar surface area (TPSA) is 68.2 Å². The summed E-state index contributed by atoms with van der Waals surface area (Å²) in [4.78, 5) is 12.3. The van der Waals surface area contributed by atoms with Gasteiger partial charge in [-0.25, -0.2) is 18.7 Å². The largest absolute Gasteiger partial charge is 0.458 e. The third-order valence-corrected chi connectivity index (χ3v) is 5.08. The molecule has 0 aromatic carbocycles. The smallest absolute Gasteiger partial charge is 0.261 e. The number of aryl methyl sites for hydroxylation is 1. The second kappa shape index (κ2) is 5.49. The van der Waals surface area contributed by atoms with E-state index in [0.717, 1.165) is 20.9 Å². The van der Waals surface area contributed by atoms with Gasteiger partial charge in [0.2, 0.25) is 0 Å². The first-order valence-corrected chi connectivity index (χ1v) is 8.44. The molecule has 1 fully saturated rings. The lowest BCUT2D eigenvalue weighted by Crippen LogP contribution is -2.24. The third kappa shape index (κ3) is 2.87. The van der Waals surface area contributed by atoms with E-state index in [1.807, 2.05) is 19.1 Å². The van der Waals surface area contributed by atoms with Gasteiger partial charge in [-0.05, 0) is 25.1 Å². The summed E-state index contributed by atoms with van der Waals surface area (Å²) in [5, 5.41) is 0.757. The fraction of sp³-hybridized carbons (Fsp3) is 0.375. The summed E-state index contributed by atoms with van der Waals surface area (Å²) in [5.41, 5.74) is 6.05. The van der Waals surface area contributed by atoms with E-state index >= 15 is 0 Å². The van der Waals surface area contributed by atoms with E-state index in [-0.39, 0.29) is 13.0 Å². The van der Waals surface area contributed by atoms with Crippen molar-refractivity contribution in [2.45, 2.75) is 25.8 Å². The number of likely N-dealkylation sites (tertiary alicyclic amines) is 1. The molecule has 4 rings (SSSR count). The van der Waals surface area contributed by atoms with Crippen LogP contribution in [0.15, 0.2) is 22.6 Å². The van der Waals surface area contributed by atoms with Crippen LogP contribution in [0.3, 0.4) is 0 Å². The van der Waals surface area contributed by atoms with Crippen molar-refractivity contribution in [3.8, 4) is 11.6 Å². The normalized spacial score (nSPS) is 17.8. The van der Waals surface area contributed by atoms with Gasteiger partial charge in [0.15, 0.2) is 11.6 Å². The molecule has 1 aliphatic rings. The average molecular weight is 350 g/mol. The van der Waals surface area contributed by atoms with Crippen LogP contribution in [0.4, 0.5) is 14.6 Å². The summed E-state index contributed by atoms with van der Waals surface area (Å²) >= 11 is 1.45. The van der Waals surface area contributed by atoms with E-state index in [0.29, 0.717) is 30.5 Å². The summed E-state index contributed by atoms with van der Waals surface area (Å²) in [6.45, 7) is 2.53. The first-order valence-electron chi connectivity index (χ1n) is 7.62. The van der Waals surface area contributed by atoms with Gasteiger partial charge in [-0.15, -0.1) is 11.3 Å². The van der Waals surface area contributed by atoms with Gasteiger partial charge < -0.3 is 10.2 Å². The van der Waals surface area contributed by atoms with Gasteiger partial charge in [-0.1, -0.05) is 0 Å². The number of nitrogen functional groups attached to an aromatic ring is 1. The van der Waals surface area contributed by atoms with Gasteiger partial charge in [0.1, 0.15) is 16.4 Å². The first kappa shape index (κ1) is 15.5. The average Bonchev–Trinajstić information content (AvgIpc) is 3.18. The number of aromatic nitrogens is 2. The maximum Gasteiger partial charge on any atom is 0.261 e. The highest BCUT2D eigenvalue weighted by molar-refractivity contribution is 7.18. The number of hydrogen-bond donors (Lipinski definition) is 1. The van der Waals surface area contributed by atoms with E-state index in [2.05, 4.69) is 9.97 Å². The molecular weight excluding hydrogens is 334 g/mol. The van der Waals surface area contributed by atoms with Crippen LogP contribution in [0.2, 0.25) is 0 Å². The number of fused-ring (bicyclic) bond motifs is 1. The van der Waals surface area contributed by atoms with Crippen LogP contribution in [0.5, 0.6) is 0 Å². The van der Waals surface area contributed by atoms with E-state index < -0.39 is 5.92 Å². The van der Waals surface area contributed by atoms with E-state index in [4.69, 9.17) is 10.2 Å². The fourth-order valence-corrected chi connectivity index (χ4v) is 3.98. The molecule has 4 heterocycles. The van der Waals surface area contributed by atoms with Crippen molar-refractivity contribution in [3.63, 3.8) is 0 Å². The molecule has 0 radical (unpaired) electrons. The minimum absolute atomic E-state index is 0.0815. The number of furan rings is 1. The maximum absolute atomic E-state index is 13.3. The highest BCUT2D eigenvalue weighted by Crippen LogP contribution is 2.33. The zero-order valence-corrected chi connectivity index (χ0v) is 13.9. The zero-order chi connectivity index (χ0) is 16.9. The standard InChI is InChI=1S/C16H16F2N4OS/c1-9-2-3-12(23-9)14-20-13(19)11-6-10(24-15(11)21-14)7-22-5-4-16(17,18)8-22/h2-3,6H,4-5,7-8H2,1H3,(H2,19,20,21).